The van der Waals surface area contributed by atoms with E-state index in [0.717, 1.165) is 26.2 Å². The van der Waals surface area contributed by atoms with Crippen LogP contribution in [0.3, 0.4) is 0 Å². The lowest BCUT2D eigenvalue weighted by molar-refractivity contribution is 0.213. The monoisotopic (exact) mass is 256 g/mol. The first-order valence-electron chi connectivity index (χ1n) is 4.21. The summed E-state index contributed by atoms with van der Waals surface area (Å²) < 4.78 is 0. The van der Waals surface area contributed by atoms with Crippen molar-refractivity contribution in [2.45, 2.75) is 0 Å². The highest BCUT2D eigenvalue weighted by molar-refractivity contribution is 5.91. The molecule has 1 aliphatic heterocycles. The maximum absolute atomic E-state index is 7.54. The number of aliphatic imine (C=N–C) groups is 1. The van der Waals surface area contributed by atoms with Crippen LogP contribution >= 0.6 is 24.8 Å². The zero-order valence-corrected chi connectivity index (χ0v) is 10.3. The molecule has 0 atom stereocenters. The Morgan fingerprint density at radius 2 is 1.60 bits per heavy atom. The van der Waals surface area contributed by atoms with Crippen molar-refractivity contribution in [3.8, 4) is 0 Å². The molecule has 0 amide bonds. The molecule has 0 aromatic heterocycles. The fourth-order valence-electron chi connectivity index (χ4n) is 1.21. The molecule has 1 fully saturated rings. The van der Waals surface area contributed by atoms with E-state index < -0.39 is 0 Å². The zero-order chi connectivity index (χ0) is 9.84. The minimum atomic E-state index is -0.0519. The third kappa shape index (κ3) is 5.66. The molecule has 0 aliphatic carbocycles. The standard InChI is InChI=1S/C7H16N6.2ClH/c1-12-2-4-13(5-3-12)7(10)11-6(8)9;;/h2-5H2,1H3,(H5,8,9,10,11);2*1H. The van der Waals surface area contributed by atoms with E-state index in [4.69, 9.17) is 16.9 Å². The molecule has 15 heavy (non-hydrogen) atoms. The van der Waals surface area contributed by atoms with E-state index in [1.807, 2.05) is 4.90 Å². The lowest BCUT2D eigenvalue weighted by atomic mass is 10.3. The summed E-state index contributed by atoms with van der Waals surface area (Å²) in [5.74, 6) is 0.108. The van der Waals surface area contributed by atoms with Gasteiger partial charge < -0.3 is 21.3 Å². The Bertz CT molecular complexity index is 220. The van der Waals surface area contributed by atoms with Gasteiger partial charge in [-0.05, 0) is 7.05 Å². The number of nitrogens with zero attached hydrogens (tertiary/aromatic N) is 3. The van der Waals surface area contributed by atoms with E-state index in [1.165, 1.54) is 0 Å². The quantitative estimate of drug-likeness (QED) is 0.394. The van der Waals surface area contributed by atoms with Crippen molar-refractivity contribution in [3.63, 3.8) is 0 Å². The molecule has 1 aliphatic rings. The van der Waals surface area contributed by atoms with Crippen LogP contribution in [0.25, 0.3) is 0 Å². The molecule has 0 saturated carbocycles. The van der Waals surface area contributed by atoms with Gasteiger partial charge in [0.1, 0.15) is 0 Å². The summed E-state index contributed by atoms with van der Waals surface area (Å²) in [4.78, 5) is 7.76. The van der Waals surface area contributed by atoms with Gasteiger partial charge in [-0.25, -0.2) is 0 Å². The fraction of sp³-hybridized carbons (Fsp3) is 0.714. The number of likely N-dealkylation sites (N-methyl/N-ethyl adjacent to an activating group) is 1. The van der Waals surface area contributed by atoms with Gasteiger partial charge in [0.25, 0.3) is 0 Å². The first-order valence-corrected chi connectivity index (χ1v) is 4.21. The average Bonchev–Trinajstić information content (AvgIpc) is 2.04. The van der Waals surface area contributed by atoms with E-state index in [9.17, 15) is 0 Å². The SMILES string of the molecule is CN1CCN(C(=N)N=C(N)N)CC1.Cl.Cl. The topological polar surface area (TPSA) is 94.7 Å². The van der Waals surface area contributed by atoms with Gasteiger partial charge in [-0.3, -0.25) is 5.41 Å². The third-order valence-electron chi connectivity index (χ3n) is 2.04. The van der Waals surface area contributed by atoms with Crippen molar-refractivity contribution in [2.75, 3.05) is 33.2 Å². The second kappa shape index (κ2) is 7.56. The zero-order valence-electron chi connectivity index (χ0n) is 8.64. The second-order valence-corrected chi connectivity index (χ2v) is 3.15. The summed E-state index contributed by atoms with van der Waals surface area (Å²) in [5.41, 5.74) is 10.4. The summed E-state index contributed by atoms with van der Waals surface area (Å²) in [6, 6.07) is 0. The van der Waals surface area contributed by atoms with Crippen LogP contribution in [0, 0.1) is 5.41 Å². The predicted molar refractivity (Wildman–Crippen MR) is 67.1 cm³/mol. The van der Waals surface area contributed by atoms with Gasteiger partial charge in [0.2, 0.25) is 5.96 Å². The van der Waals surface area contributed by atoms with Crippen molar-refractivity contribution in [1.29, 1.82) is 5.41 Å². The van der Waals surface area contributed by atoms with Crippen LogP contribution in [-0.4, -0.2) is 54.9 Å². The maximum Gasteiger partial charge on any atom is 0.221 e. The Kier molecular flexibility index (Phi) is 8.41. The normalized spacial score (nSPS) is 15.9. The van der Waals surface area contributed by atoms with Gasteiger partial charge in [-0.15, -0.1) is 24.8 Å². The van der Waals surface area contributed by atoms with E-state index >= 15 is 0 Å². The Labute approximate surface area is 102 Å². The number of guanidine groups is 2. The Morgan fingerprint density at radius 3 is 2.00 bits per heavy atom. The predicted octanol–water partition coefficient (Wildman–Crippen LogP) is -0.714. The van der Waals surface area contributed by atoms with Crippen LogP contribution in [0.2, 0.25) is 0 Å². The van der Waals surface area contributed by atoms with Crippen molar-refractivity contribution in [3.05, 3.63) is 0 Å². The van der Waals surface area contributed by atoms with E-state index in [-0.39, 0.29) is 36.7 Å². The van der Waals surface area contributed by atoms with Crippen molar-refractivity contribution in [2.24, 2.45) is 16.5 Å². The molecule has 90 valence electrons. The lowest BCUT2D eigenvalue weighted by Crippen LogP contribution is -2.47. The molecule has 0 bridgehead atoms. The number of hydrogen-bond acceptors (Lipinski definition) is 2. The number of rotatable bonds is 0. The smallest absolute Gasteiger partial charge is 0.221 e. The van der Waals surface area contributed by atoms with E-state index in [0.29, 0.717) is 0 Å². The molecule has 0 aromatic carbocycles. The number of piperazine rings is 1. The molecule has 6 nitrogen and oxygen atoms in total. The van der Waals surface area contributed by atoms with Crippen LogP contribution in [0.1, 0.15) is 0 Å². The first-order chi connectivity index (χ1) is 6.09. The van der Waals surface area contributed by atoms with Crippen molar-refractivity contribution >= 4 is 36.7 Å². The van der Waals surface area contributed by atoms with E-state index in [2.05, 4.69) is 16.9 Å². The van der Waals surface area contributed by atoms with Gasteiger partial charge in [-0.1, -0.05) is 0 Å². The molecular weight excluding hydrogens is 239 g/mol. The van der Waals surface area contributed by atoms with Gasteiger partial charge in [0.05, 0.1) is 0 Å². The van der Waals surface area contributed by atoms with E-state index in [1.54, 1.807) is 0 Å². The molecule has 5 N–H and O–H groups in total. The lowest BCUT2D eigenvalue weighted by Gasteiger charge is -2.32. The summed E-state index contributed by atoms with van der Waals surface area (Å²) in [6.07, 6.45) is 0. The van der Waals surface area contributed by atoms with Crippen molar-refractivity contribution in [1.82, 2.24) is 9.80 Å². The van der Waals surface area contributed by atoms with Crippen LogP contribution in [-0.2, 0) is 0 Å². The minimum absolute atomic E-state index is 0. The largest absolute Gasteiger partial charge is 0.370 e. The Balaban J connectivity index is 0. The minimum Gasteiger partial charge on any atom is -0.370 e. The molecule has 1 saturated heterocycles. The number of halogens is 2. The third-order valence-corrected chi connectivity index (χ3v) is 2.04. The van der Waals surface area contributed by atoms with Crippen LogP contribution in [0.5, 0.6) is 0 Å². The van der Waals surface area contributed by atoms with Gasteiger partial charge >= 0.3 is 0 Å². The Morgan fingerprint density at radius 1 is 1.13 bits per heavy atom. The van der Waals surface area contributed by atoms with Crippen LogP contribution in [0.4, 0.5) is 0 Å². The number of hydrogen-bond donors (Lipinski definition) is 3. The highest BCUT2D eigenvalue weighted by atomic mass is 35.5. The summed E-state index contributed by atoms with van der Waals surface area (Å²) >= 11 is 0. The van der Waals surface area contributed by atoms with Crippen LogP contribution in [0.15, 0.2) is 4.99 Å². The maximum atomic E-state index is 7.54. The van der Waals surface area contributed by atoms with Gasteiger partial charge in [0, 0.05) is 26.2 Å². The molecule has 1 heterocycles. The number of nitrogens with two attached hydrogens (primary N) is 2. The summed E-state index contributed by atoms with van der Waals surface area (Å²) in [6.45, 7) is 3.52. The molecule has 0 spiro atoms. The molecule has 0 radical (unpaired) electrons. The molecule has 1 rings (SSSR count). The molecule has 8 heteroatoms. The summed E-state index contributed by atoms with van der Waals surface area (Å²) in [5, 5.41) is 7.54. The van der Waals surface area contributed by atoms with Gasteiger partial charge in [0.15, 0.2) is 5.96 Å². The average molecular weight is 257 g/mol. The molecule has 0 aromatic rings. The van der Waals surface area contributed by atoms with Crippen molar-refractivity contribution < 1.29 is 0 Å². The fourth-order valence-corrected chi connectivity index (χ4v) is 1.21. The highest BCUT2D eigenvalue weighted by Crippen LogP contribution is 1.99. The highest BCUT2D eigenvalue weighted by Gasteiger charge is 2.15. The Hall–Kier alpha value is -0.720. The summed E-state index contributed by atoms with van der Waals surface area (Å²) in [7, 11) is 2.06. The second-order valence-electron chi connectivity index (χ2n) is 3.15. The number of nitrogens with one attached hydrogen (secondary N) is 1. The molecule has 0 unspecified atom stereocenters. The van der Waals surface area contributed by atoms with Gasteiger partial charge in [-0.2, -0.15) is 4.99 Å². The molecular formula is C7H18Cl2N6. The first kappa shape index (κ1) is 16.7. The van der Waals surface area contributed by atoms with Crippen LogP contribution < -0.4 is 11.5 Å².